The van der Waals surface area contributed by atoms with Gasteiger partial charge in [0.2, 0.25) is 0 Å². The van der Waals surface area contributed by atoms with Crippen molar-refractivity contribution in [2.45, 2.75) is 36.1 Å². The monoisotopic (exact) mass is 653 g/mol. The van der Waals surface area contributed by atoms with Gasteiger partial charge in [-0.1, -0.05) is 23.9 Å². The van der Waals surface area contributed by atoms with Crippen molar-refractivity contribution in [3.63, 3.8) is 0 Å². The van der Waals surface area contributed by atoms with Gasteiger partial charge >= 0.3 is 16.5 Å². The van der Waals surface area contributed by atoms with Gasteiger partial charge in [0.25, 0.3) is 29.5 Å². The van der Waals surface area contributed by atoms with E-state index in [1.807, 2.05) is 0 Å². The molecule has 0 N–H and O–H groups in total. The zero-order valence-corrected chi connectivity index (χ0v) is 21.5. The van der Waals surface area contributed by atoms with E-state index >= 15 is 4.39 Å². The van der Waals surface area contributed by atoms with Crippen LogP contribution in [0.15, 0.2) is 61.0 Å². The molecule has 0 aliphatic carbocycles. The smallest absolute Gasteiger partial charge is 0.336 e. The number of nitrogens with zero attached hydrogens (tertiary/aromatic N) is 1. The molecule has 0 spiro atoms. The van der Waals surface area contributed by atoms with E-state index in [9.17, 15) is 64.8 Å². The number of alkyl halides is 9. The first-order valence-electron chi connectivity index (χ1n) is 9.40. The van der Waals surface area contributed by atoms with E-state index in [0.717, 1.165) is 11.9 Å². The average molecular weight is 654 g/mol. The van der Waals surface area contributed by atoms with Crippen LogP contribution in [0.4, 0.5) is 49.6 Å². The first-order chi connectivity index (χ1) is 17.4. The van der Waals surface area contributed by atoms with Crippen molar-refractivity contribution in [1.29, 1.82) is 0 Å². The number of sulfone groups is 3. The Balaban J connectivity index is 2.64. The molecule has 39 heavy (non-hydrogen) atoms. The Morgan fingerprint density at radius 2 is 1.13 bits per heavy atom. The number of anilines is 1. The summed E-state index contributed by atoms with van der Waals surface area (Å²) in [5, 5.41) is -0.958. The molecule has 7 nitrogen and oxygen atoms in total. The third kappa shape index (κ3) is 4.97. The molecule has 0 saturated heterocycles. The van der Waals surface area contributed by atoms with Crippen LogP contribution in [0.5, 0.6) is 0 Å². The molecule has 216 valence electrons. The maximum absolute atomic E-state index is 15.9. The number of rotatable bonds is 4. The lowest BCUT2D eigenvalue weighted by atomic mass is 10.2. The predicted molar refractivity (Wildman–Crippen MR) is 115 cm³/mol. The molecular weight excluding hydrogens is 644 g/mol. The van der Waals surface area contributed by atoms with E-state index < -0.39 is 89.3 Å². The van der Waals surface area contributed by atoms with Crippen LogP contribution in [0.25, 0.3) is 5.83 Å². The Hall–Kier alpha value is -2.52. The Morgan fingerprint density at radius 3 is 1.51 bits per heavy atom. The number of hydrogen-bond donors (Lipinski definition) is 0. The van der Waals surface area contributed by atoms with E-state index in [0.29, 0.717) is 11.8 Å². The van der Waals surface area contributed by atoms with E-state index in [1.54, 1.807) is 0 Å². The summed E-state index contributed by atoms with van der Waals surface area (Å²) < 4.78 is 209. The number of para-hydroxylation sites is 1. The van der Waals surface area contributed by atoms with Gasteiger partial charge < -0.3 is 4.90 Å². The van der Waals surface area contributed by atoms with Gasteiger partial charge in [0.15, 0.2) is 5.83 Å². The first-order valence-corrected chi connectivity index (χ1v) is 14.7. The molecule has 0 aromatic heterocycles. The highest BCUT2D eigenvalue weighted by molar-refractivity contribution is 8.04. The van der Waals surface area contributed by atoms with Crippen molar-refractivity contribution in [3.8, 4) is 0 Å². The molecule has 1 aliphatic rings. The Morgan fingerprint density at radius 1 is 0.718 bits per heavy atom. The van der Waals surface area contributed by atoms with Crippen molar-refractivity contribution in [2.24, 2.45) is 0 Å². The zero-order chi connectivity index (χ0) is 30.1. The van der Waals surface area contributed by atoms with Gasteiger partial charge in [-0.2, -0.15) is 39.5 Å². The number of hydrogen-bond acceptors (Lipinski definition) is 8. The van der Waals surface area contributed by atoms with Crippen LogP contribution >= 0.6 is 11.8 Å². The van der Waals surface area contributed by atoms with Gasteiger partial charge in [0.05, 0.1) is 25.9 Å². The highest BCUT2D eigenvalue weighted by Crippen LogP contribution is 2.51. The van der Waals surface area contributed by atoms with E-state index in [1.165, 1.54) is 24.3 Å². The topological polar surface area (TPSA) is 106 Å². The summed E-state index contributed by atoms with van der Waals surface area (Å²) in [5.41, 5.74) is -22.0. The highest BCUT2D eigenvalue weighted by atomic mass is 32.2. The minimum Gasteiger partial charge on any atom is -0.336 e. The van der Waals surface area contributed by atoms with Crippen LogP contribution < -0.4 is 4.90 Å². The maximum atomic E-state index is 15.9. The molecule has 1 aliphatic heterocycles. The SMILES string of the molecule is CN1C(=C(F)c2c(S(=O)(=O)C(F)(F)F)cc(S(=O)(=O)C(F)(F)F)cc2S(=O)(=O)C(F)(F)F)Sc2ccccc21. The van der Waals surface area contributed by atoms with Gasteiger partial charge in [0, 0.05) is 11.9 Å². The highest BCUT2D eigenvalue weighted by Gasteiger charge is 2.55. The van der Waals surface area contributed by atoms with Gasteiger partial charge in [-0.3, -0.25) is 0 Å². The maximum Gasteiger partial charge on any atom is 0.501 e. The van der Waals surface area contributed by atoms with E-state index in [-0.39, 0.29) is 10.6 Å². The molecule has 0 fully saturated rings. The lowest BCUT2D eigenvalue weighted by molar-refractivity contribution is -0.0438. The van der Waals surface area contributed by atoms with Crippen molar-refractivity contribution in [1.82, 2.24) is 0 Å². The average Bonchev–Trinajstić information content (AvgIpc) is 3.12. The zero-order valence-electron chi connectivity index (χ0n) is 18.3. The minimum atomic E-state index is -7.19. The Kier molecular flexibility index (Phi) is 7.37. The normalized spacial score (nSPS) is 16.8. The van der Waals surface area contributed by atoms with Gasteiger partial charge in [-0.05, 0) is 24.3 Å². The van der Waals surface area contributed by atoms with Gasteiger partial charge in [-0.15, -0.1) is 0 Å². The third-order valence-corrected chi connectivity index (χ3v) is 10.7. The number of fused-ring (bicyclic) bond motifs is 1. The number of benzene rings is 2. The molecule has 3 rings (SSSR count). The Bertz CT molecular complexity index is 1640. The van der Waals surface area contributed by atoms with Gasteiger partial charge in [-0.25, -0.2) is 29.6 Å². The predicted octanol–water partition coefficient (Wildman–Crippen LogP) is 5.40. The summed E-state index contributed by atoms with van der Waals surface area (Å²) in [6.45, 7) is 0. The van der Waals surface area contributed by atoms with Crippen LogP contribution in [0.3, 0.4) is 0 Å². The molecular formula is C18H9F10NO6S4. The molecule has 2 aromatic rings. The molecule has 0 unspecified atom stereocenters. The summed E-state index contributed by atoms with van der Waals surface area (Å²) in [4.78, 5) is -7.35. The fraction of sp³-hybridized carbons (Fsp3) is 0.222. The molecule has 0 bridgehead atoms. The lowest BCUT2D eigenvalue weighted by Crippen LogP contribution is -2.30. The molecule has 1 heterocycles. The molecule has 0 radical (unpaired) electrons. The first kappa shape index (κ1) is 31.0. The second-order valence-corrected chi connectivity index (χ2v) is 14.2. The fourth-order valence-electron chi connectivity index (χ4n) is 3.15. The summed E-state index contributed by atoms with van der Waals surface area (Å²) in [6.07, 6.45) is 0. The quantitative estimate of drug-likeness (QED) is 0.404. The lowest BCUT2D eigenvalue weighted by Gasteiger charge is -2.21. The molecule has 0 saturated carbocycles. The Labute approximate surface area is 216 Å². The van der Waals surface area contributed by atoms with Crippen molar-refractivity contribution in [3.05, 3.63) is 47.0 Å². The van der Waals surface area contributed by atoms with Crippen LogP contribution in [-0.2, 0) is 29.5 Å². The van der Waals surface area contributed by atoms with Crippen molar-refractivity contribution >= 4 is 52.8 Å². The molecule has 2 aromatic carbocycles. The standard InChI is InChI=1S/C18H9F10NO6S4/c1-29-9-4-2-3-5-10(9)36-15(29)14(19)13-11(38(32,33)17(23,24)25)6-8(37(30,31)16(20,21)22)7-12(13)39(34,35)18(26,27)28/h2-7H,1H3. The van der Waals surface area contributed by atoms with Crippen LogP contribution in [-0.4, -0.2) is 48.8 Å². The fourth-order valence-corrected chi connectivity index (χ4v) is 7.26. The summed E-state index contributed by atoms with van der Waals surface area (Å²) in [6, 6.07) is 3.51. The van der Waals surface area contributed by atoms with Crippen LogP contribution in [0, 0.1) is 0 Å². The second-order valence-electron chi connectivity index (χ2n) is 7.39. The van der Waals surface area contributed by atoms with E-state index in [4.69, 9.17) is 0 Å². The van der Waals surface area contributed by atoms with Crippen molar-refractivity contribution < 1.29 is 69.2 Å². The van der Waals surface area contributed by atoms with Crippen LogP contribution in [0.2, 0.25) is 0 Å². The van der Waals surface area contributed by atoms with E-state index in [2.05, 4.69) is 0 Å². The third-order valence-electron chi connectivity index (χ3n) is 4.99. The molecule has 21 heteroatoms. The number of thioether (sulfide) groups is 1. The van der Waals surface area contributed by atoms with Gasteiger partial charge in [0.1, 0.15) is 5.03 Å². The molecule has 0 atom stereocenters. The largest absolute Gasteiger partial charge is 0.501 e. The summed E-state index contributed by atoms with van der Waals surface area (Å²) in [7, 11) is -20.3. The summed E-state index contributed by atoms with van der Waals surface area (Å²) in [5.74, 6) is -2.35. The number of halogens is 10. The van der Waals surface area contributed by atoms with Crippen LogP contribution in [0.1, 0.15) is 5.56 Å². The second kappa shape index (κ2) is 9.26. The summed E-state index contributed by atoms with van der Waals surface area (Å²) >= 11 is 0.295. The molecule has 0 amide bonds. The minimum absolute atomic E-state index is 0.0735. The van der Waals surface area contributed by atoms with Crippen molar-refractivity contribution in [2.75, 3.05) is 11.9 Å².